The lowest BCUT2D eigenvalue weighted by Gasteiger charge is -2.07. The first kappa shape index (κ1) is 12.6. The molecule has 0 aliphatic rings. The quantitative estimate of drug-likeness (QED) is 0.788. The summed E-state index contributed by atoms with van der Waals surface area (Å²) in [5, 5.41) is 10.5. The number of aliphatic hydroxyl groups is 1. The zero-order valence-electron chi connectivity index (χ0n) is 11.0. The summed E-state index contributed by atoms with van der Waals surface area (Å²) >= 11 is 0. The van der Waals surface area contributed by atoms with Crippen LogP contribution in [0.15, 0.2) is 54.9 Å². The summed E-state index contributed by atoms with van der Waals surface area (Å²) in [5.41, 5.74) is 1.64. The van der Waals surface area contributed by atoms with Crippen molar-refractivity contribution in [2.24, 2.45) is 0 Å². The Bertz CT molecular complexity index is 724. The van der Waals surface area contributed by atoms with Gasteiger partial charge in [0.15, 0.2) is 0 Å². The maximum atomic E-state index is 9.43. The normalized spacial score (nSPS) is 12.3. The number of benzene rings is 1. The van der Waals surface area contributed by atoms with Gasteiger partial charge >= 0.3 is 0 Å². The number of fused-ring (bicyclic) bond motifs is 1. The molecular weight excluding hydrogens is 252 g/mol. The van der Waals surface area contributed by atoms with Crippen molar-refractivity contribution in [2.45, 2.75) is 13.0 Å². The van der Waals surface area contributed by atoms with Gasteiger partial charge in [-0.05, 0) is 36.8 Å². The van der Waals surface area contributed by atoms with E-state index in [1.165, 1.54) is 0 Å². The summed E-state index contributed by atoms with van der Waals surface area (Å²) in [7, 11) is 0. The molecule has 1 N–H and O–H groups in total. The zero-order valence-corrected chi connectivity index (χ0v) is 11.0. The van der Waals surface area contributed by atoms with E-state index >= 15 is 0 Å². The van der Waals surface area contributed by atoms with Crippen molar-refractivity contribution in [3.05, 3.63) is 60.4 Å². The number of rotatable bonds is 3. The molecule has 3 rings (SSSR count). The minimum absolute atomic E-state index is 0.490. The third kappa shape index (κ3) is 2.60. The van der Waals surface area contributed by atoms with E-state index in [1.807, 2.05) is 30.3 Å². The van der Waals surface area contributed by atoms with Crippen LogP contribution in [-0.4, -0.2) is 15.1 Å². The number of ether oxygens (including phenoxy) is 1. The highest BCUT2D eigenvalue weighted by Crippen LogP contribution is 2.24. The Morgan fingerprint density at radius 1 is 1.10 bits per heavy atom. The summed E-state index contributed by atoms with van der Waals surface area (Å²) in [6, 6.07) is 13.2. The van der Waals surface area contributed by atoms with Crippen LogP contribution in [-0.2, 0) is 0 Å². The molecule has 0 spiro atoms. The molecule has 1 unspecified atom stereocenters. The fourth-order valence-corrected chi connectivity index (χ4v) is 1.93. The second kappa shape index (κ2) is 5.27. The topological polar surface area (TPSA) is 55.2 Å². The molecule has 3 aromatic rings. The van der Waals surface area contributed by atoms with Crippen molar-refractivity contribution < 1.29 is 9.84 Å². The molecule has 1 aromatic carbocycles. The van der Waals surface area contributed by atoms with Crippen molar-refractivity contribution >= 4 is 10.9 Å². The SMILES string of the molecule is CC(O)c1ccc(Oc2ccc3cccnc3c2)nc1. The van der Waals surface area contributed by atoms with Crippen LogP contribution in [0.5, 0.6) is 11.6 Å². The molecule has 1 atom stereocenters. The third-order valence-electron chi connectivity index (χ3n) is 3.04. The van der Waals surface area contributed by atoms with Crippen LogP contribution >= 0.6 is 0 Å². The van der Waals surface area contributed by atoms with Gasteiger partial charge < -0.3 is 9.84 Å². The molecule has 0 aliphatic heterocycles. The molecule has 0 amide bonds. The predicted octanol–water partition coefficient (Wildman–Crippen LogP) is 3.48. The maximum absolute atomic E-state index is 9.43. The smallest absolute Gasteiger partial charge is 0.219 e. The number of hydrogen-bond acceptors (Lipinski definition) is 4. The van der Waals surface area contributed by atoms with E-state index < -0.39 is 6.10 Å². The second-order valence-corrected chi connectivity index (χ2v) is 4.57. The van der Waals surface area contributed by atoms with Crippen LogP contribution in [0.2, 0.25) is 0 Å². The molecule has 0 radical (unpaired) electrons. The van der Waals surface area contributed by atoms with Crippen LogP contribution in [0.1, 0.15) is 18.6 Å². The fraction of sp³-hybridized carbons (Fsp3) is 0.125. The molecule has 2 aromatic heterocycles. The minimum atomic E-state index is -0.526. The van der Waals surface area contributed by atoms with Crippen LogP contribution < -0.4 is 4.74 Å². The first-order valence-electron chi connectivity index (χ1n) is 6.39. The summed E-state index contributed by atoms with van der Waals surface area (Å²) in [6.45, 7) is 1.70. The van der Waals surface area contributed by atoms with Crippen LogP contribution in [0.25, 0.3) is 10.9 Å². The van der Waals surface area contributed by atoms with Crippen LogP contribution in [0.4, 0.5) is 0 Å². The van der Waals surface area contributed by atoms with Crippen molar-refractivity contribution in [1.82, 2.24) is 9.97 Å². The van der Waals surface area contributed by atoms with Gasteiger partial charge in [0, 0.05) is 29.9 Å². The largest absolute Gasteiger partial charge is 0.439 e. The first-order valence-corrected chi connectivity index (χ1v) is 6.39. The summed E-state index contributed by atoms with van der Waals surface area (Å²) in [5.74, 6) is 1.18. The van der Waals surface area contributed by atoms with E-state index in [-0.39, 0.29) is 0 Å². The summed E-state index contributed by atoms with van der Waals surface area (Å²) in [4.78, 5) is 8.46. The number of nitrogens with zero attached hydrogens (tertiary/aromatic N) is 2. The monoisotopic (exact) mass is 266 g/mol. The standard InChI is InChI=1S/C16H14N2O2/c1-11(19)13-5-7-16(18-10-13)20-14-6-4-12-3-2-8-17-15(12)9-14/h2-11,19H,1H3. The maximum Gasteiger partial charge on any atom is 0.219 e. The Morgan fingerprint density at radius 2 is 2.00 bits per heavy atom. The highest BCUT2D eigenvalue weighted by Gasteiger charge is 2.04. The number of aliphatic hydroxyl groups excluding tert-OH is 1. The highest BCUT2D eigenvalue weighted by atomic mass is 16.5. The van der Waals surface area contributed by atoms with E-state index in [9.17, 15) is 5.11 Å². The minimum Gasteiger partial charge on any atom is -0.439 e. The zero-order chi connectivity index (χ0) is 13.9. The van der Waals surface area contributed by atoms with Gasteiger partial charge in [-0.3, -0.25) is 4.98 Å². The summed E-state index contributed by atoms with van der Waals surface area (Å²) < 4.78 is 5.69. The lowest BCUT2D eigenvalue weighted by Crippen LogP contribution is -1.93. The Labute approximate surface area is 116 Å². The molecule has 0 bridgehead atoms. The first-order chi connectivity index (χ1) is 9.72. The number of pyridine rings is 2. The van der Waals surface area contributed by atoms with Crippen molar-refractivity contribution in [3.63, 3.8) is 0 Å². The van der Waals surface area contributed by atoms with E-state index in [0.29, 0.717) is 11.6 Å². The molecule has 100 valence electrons. The molecular formula is C16H14N2O2. The predicted molar refractivity (Wildman–Crippen MR) is 76.7 cm³/mol. The van der Waals surface area contributed by atoms with Gasteiger partial charge in [0.05, 0.1) is 11.6 Å². The average Bonchev–Trinajstić information content (AvgIpc) is 2.48. The number of aromatic nitrogens is 2. The molecule has 20 heavy (non-hydrogen) atoms. The van der Waals surface area contributed by atoms with E-state index in [1.54, 1.807) is 31.5 Å². The van der Waals surface area contributed by atoms with Crippen molar-refractivity contribution in [3.8, 4) is 11.6 Å². The highest BCUT2D eigenvalue weighted by molar-refractivity contribution is 5.79. The Morgan fingerprint density at radius 3 is 2.75 bits per heavy atom. The van der Waals surface area contributed by atoms with Crippen LogP contribution in [0, 0.1) is 0 Å². The van der Waals surface area contributed by atoms with Gasteiger partial charge in [0.1, 0.15) is 5.75 Å². The third-order valence-corrected chi connectivity index (χ3v) is 3.04. The lowest BCUT2D eigenvalue weighted by atomic mass is 10.2. The molecule has 0 saturated heterocycles. The van der Waals surface area contributed by atoms with E-state index in [0.717, 1.165) is 16.5 Å². The Hall–Kier alpha value is -2.46. The van der Waals surface area contributed by atoms with Crippen LogP contribution in [0.3, 0.4) is 0 Å². The fourth-order valence-electron chi connectivity index (χ4n) is 1.93. The molecule has 0 aliphatic carbocycles. The van der Waals surface area contributed by atoms with Gasteiger partial charge in [-0.2, -0.15) is 0 Å². The molecule has 0 fully saturated rings. The Balaban J connectivity index is 1.85. The molecule has 4 heteroatoms. The van der Waals surface area contributed by atoms with Gasteiger partial charge in [-0.15, -0.1) is 0 Å². The molecule has 4 nitrogen and oxygen atoms in total. The van der Waals surface area contributed by atoms with Gasteiger partial charge in [-0.25, -0.2) is 4.98 Å². The second-order valence-electron chi connectivity index (χ2n) is 4.57. The molecule has 0 saturated carbocycles. The summed E-state index contributed by atoms with van der Waals surface area (Å²) in [6.07, 6.45) is 2.84. The average molecular weight is 266 g/mol. The molecule has 2 heterocycles. The van der Waals surface area contributed by atoms with Crippen molar-refractivity contribution in [1.29, 1.82) is 0 Å². The lowest BCUT2D eigenvalue weighted by molar-refractivity contribution is 0.198. The van der Waals surface area contributed by atoms with E-state index in [2.05, 4.69) is 9.97 Å². The van der Waals surface area contributed by atoms with Gasteiger partial charge in [0.2, 0.25) is 5.88 Å². The number of hydrogen-bond donors (Lipinski definition) is 1. The van der Waals surface area contributed by atoms with Gasteiger partial charge in [0.25, 0.3) is 0 Å². The van der Waals surface area contributed by atoms with E-state index in [4.69, 9.17) is 4.74 Å². The van der Waals surface area contributed by atoms with Gasteiger partial charge in [-0.1, -0.05) is 6.07 Å². The Kier molecular flexibility index (Phi) is 3.31. The van der Waals surface area contributed by atoms with Crippen molar-refractivity contribution in [2.75, 3.05) is 0 Å².